The van der Waals surface area contributed by atoms with E-state index in [1.54, 1.807) is 0 Å². The lowest BCUT2D eigenvalue weighted by molar-refractivity contribution is -0.0777. The Morgan fingerprint density at radius 1 is 1.42 bits per heavy atom. The molecule has 1 atom stereocenters. The molecule has 1 aromatic carbocycles. The van der Waals surface area contributed by atoms with Gasteiger partial charge in [0, 0.05) is 31.3 Å². The van der Waals surface area contributed by atoms with E-state index < -0.39 is 0 Å². The van der Waals surface area contributed by atoms with E-state index in [0.717, 1.165) is 30.4 Å². The SMILES string of the molecule is CCN(C(=O)c1ccc2c(c1)nnn2CC)C1CCOC(C)(C)C1. The van der Waals surface area contributed by atoms with Crippen LogP contribution < -0.4 is 0 Å². The summed E-state index contributed by atoms with van der Waals surface area (Å²) in [4.78, 5) is 15.0. The first-order chi connectivity index (χ1) is 11.4. The number of carbonyl (C=O) groups excluding carboxylic acids is 1. The third kappa shape index (κ3) is 3.15. The molecular formula is C18H26N4O2. The first-order valence-electron chi connectivity index (χ1n) is 8.73. The lowest BCUT2D eigenvalue weighted by Crippen LogP contribution is -2.48. The zero-order valence-corrected chi connectivity index (χ0v) is 15.0. The second-order valence-electron chi connectivity index (χ2n) is 6.95. The maximum atomic E-state index is 13.0. The van der Waals surface area contributed by atoms with Crippen molar-refractivity contribution in [2.45, 2.75) is 58.7 Å². The molecule has 6 nitrogen and oxygen atoms in total. The third-order valence-corrected chi connectivity index (χ3v) is 4.77. The number of amides is 1. The topological polar surface area (TPSA) is 60.2 Å². The molecular weight excluding hydrogens is 304 g/mol. The normalized spacial score (nSPS) is 20.2. The zero-order chi connectivity index (χ0) is 17.3. The number of carbonyl (C=O) groups is 1. The van der Waals surface area contributed by atoms with Gasteiger partial charge in [-0.05, 0) is 58.7 Å². The molecule has 0 N–H and O–H groups in total. The monoisotopic (exact) mass is 330 g/mol. The van der Waals surface area contributed by atoms with E-state index in [1.807, 2.05) is 41.6 Å². The second-order valence-corrected chi connectivity index (χ2v) is 6.95. The molecule has 0 saturated carbocycles. The maximum absolute atomic E-state index is 13.0. The molecule has 6 heteroatoms. The van der Waals surface area contributed by atoms with Crippen molar-refractivity contribution in [1.29, 1.82) is 0 Å². The minimum Gasteiger partial charge on any atom is -0.375 e. The Morgan fingerprint density at radius 2 is 2.21 bits per heavy atom. The van der Waals surface area contributed by atoms with E-state index in [9.17, 15) is 4.79 Å². The molecule has 0 radical (unpaired) electrons. The van der Waals surface area contributed by atoms with E-state index in [4.69, 9.17) is 4.74 Å². The summed E-state index contributed by atoms with van der Waals surface area (Å²) in [5, 5.41) is 8.29. The first-order valence-corrected chi connectivity index (χ1v) is 8.73. The van der Waals surface area contributed by atoms with Crippen LogP contribution in [0.2, 0.25) is 0 Å². The molecule has 1 aromatic heterocycles. The Labute approximate surface area is 142 Å². The molecule has 130 valence electrons. The highest BCUT2D eigenvalue weighted by atomic mass is 16.5. The van der Waals surface area contributed by atoms with Crippen molar-refractivity contribution in [2.24, 2.45) is 0 Å². The van der Waals surface area contributed by atoms with Gasteiger partial charge in [0.15, 0.2) is 0 Å². The van der Waals surface area contributed by atoms with Gasteiger partial charge in [-0.2, -0.15) is 0 Å². The molecule has 1 unspecified atom stereocenters. The summed E-state index contributed by atoms with van der Waals surface area (Å²) >= 11 is 0. The Balaban J connectivity index is 1.86. The van der Waals surface area contributed by atoms with Crippen molar-refractivity contribution in [1.82, 2.24) is 19.9 Å². The van der Waals surface area contributed by atoms with Crippen molar-refractivity contribution in [3.63, 3.8) is 0 Å². The van der Waals surface area contributed by atoms with Crippen molar-refractivity contribution < 1.29 is 9.53 Å². The summed E-state index contributed by atoms with van der Waals surface area (Å²) in [6.45, 7) is 10.4. The van der Waals surface area contributed by atoms with E-state index in [0.29, 0.717) is 18.7 Å². The molecule has 1 aliphatic rings. The van der Waals surface area contributed by atoms with Crippen LogP contribution in [0.25, 0.3) is 11.0 Å². The lowest BCUT2D eigenvalue weighted by atomic mass is 9.92. The van der Waals surface area contributed by atoms with Crippen molar-refractivity contribution in [3.05, 3.63) is 23.8 Å². The molecule has 1 aliphatic heterocycles. The average molecular weight is 330 g/mol. The largest absolute Gasteiger partial charge is 0.375 e. The van der Waals surface area contributed by atoms with E-state index in [-0.39, 0.29) is 17.6 Å². The fourth-order valence-electron chi connectivity index (χ4n) is 3.54. The number of benzene rings is 1. The number of nitrogens with zero attached hydrogens (tertiary/aromatic N) is 4. The van der Waals surface area contributed by atoms with Crippen LogP contribution in [0, 0.1) is 0 Å². The van der Waals surface area contributed by atoms with Gasteiger partial charge in [0.05, 0.1) is 11.1 Å². The van der Waals surface area contributed by atoms with Gasteiger partial charge in [-0.1, -0.05) is 5.21 Å². The number of aromatic nitrogens is 3. The lowest BCUT2D eigenvalue weighted by Gasteiger charge is -2.41. The molecule has 2 aromatic rings. The van der Waals surface area contributed by atoms with Gasteiger partial charge in [0.1, 0.15) is 5.52 Å². The van der Waals surface area contributed by atoms with Gasteiger partial charge in [-0.25, -0.2) is 4.68 Å². The van der Waals surface area contributed by atoms with Crippen LogP contribution in [-0.2, 0) is 11.3 Å². The third-order valence-electron chi connectivity index (χ3n) is 4.77. The molecule has 1 fully saturated rings. The predicted molar refractivity (Wildman–Crippen MR) is 93.0 cm³/mol. The summed E-state index contributed by atoms with van der Waals surface area (Å²) in [7, 11) is 0. The predicted octanol–water partition coefficient (Wildman–Crippen LogP) is 2.87. The number of ether oxygens (including phenoxy) is 1. The highest BCUT2D eigenvalue weighted by Crippen LogP contribution is 2.28. The minimum atomic E-state index is -0.176. The van der Waals surface area contributed by atoms with Crippen LogP contribution in [0.4, 0.5) is 0 Å². The van der Waals surface area contributed by atoms with Gasteiger partial charge in [0.25, 0.3) is 5.91 Å². The summed E-state index contributed by atoms with van der Waals surface area (Å²) < 4.78 is 7.62. The van der Waals surface area contributed by atoms with Gasteiger partial charge in [-0.3, -0.25) is 4.79 Å². The van der Waals surface area contributed by atoms with E-state index in [1.165, 1.54) is 0 Å². The van der Waals surface area contributed by atoms with Crippen LogP contribution >= 0.6 is 0 Å². The molecule has 3 rings (SSSR count). The number of aryl methyl sites for hydroxylation is 1. The fourth-order valence-corrected chi connectivity index (χ4v) is 3.54. The minimum absolute atomic E-state index is 0.0631. The Kier molecular flexibility index (Phi) is 4.58. The zero-order valence-electron chi connectivity index (χ0n) is 15.0. The molecule has 0 spiro atoms. The van der Waals surface area contributed by atoms with Crippen LogP contribution in [0.3, 0.4) is 0 Å². The smallest absolute Gasteiger partial charge is 0.254 e. The first kappa shape index (κ1) is 16.9. The summed E-state index contributed by atoms with van der Waals surface area (Å²) in [6.07, 6.45) is 1.75. The van der Waals surface area contributed by atoms with Gasteiger partial charge in [0.2, 0.25) is 0 Å². The molecule has 1 amide bonds. The van der Waals surface area contributed by atoms with Crippen LogP contribution in [0.5, 0.6) is 0 Å². The standard InChI is InChI=1S/C18H26N4O2/c1-5-21(14-9-10-24-18(3,4)12-14)17(23)13-7-8-16-15(11-13)19-20-22(16)6-2/h7-8,11,14H,5-6,9-10,12H2,1-4H3. The number of hydrogen-bond acceptors (Lipinski definition) is 4. The van der Waals surface area contributed by atoms with Crippen molar-refractivity contribution >= 4 is 16.9 Å². The van der Waals surface area contributed by atoms with E-state index >= 15 is 0 Å². The Bertz CT molecular complexity index is 738. The second kappa shape index (κ2) is 6.51. The van der Waals surface area contributed by atoms with Crippen molar-refractivity contribution in [2.75, 3.05) is 13.2 Å². The molecule has 0 aliphatic carbocycles. The van der Waals surface area contributed by atoms with Crippen molar-refractivity contribution in [3.8, 4) is 0 Å². The number of fused-ring (bicyclic) bond motifs is 1. The Hall–Kier alpha value is -1.95. The van der Waals surface area contributed by atoms with Gasteiger partial charge < -0.3 is 9.64 Å². The summed E-state index contributed by atoms with van der Waals surface area (Å²) in [5.41, 5.74) is 2.23. The van der Waals surface area contributed by atoms with Crippen LogP contribution in [0.15, 0.2) is 18.2 Å². The van der Waals surface area contributed by atoms with Gasteiger partial charge in [-0.15, -0.1) is 5.10 Å². The van der Waals surface area contributed by atoms with Gasteiger partial charge >= 0.3 is 0 Å². The summed E-state index contributed by atoms with van der Waals surface area (Å²) in [5.74, 6) is 0.0631. The Morgan fingerprint density at radius 3 is 2.88 bits per heavy atom. The highest BCUT2D eigenvalue weighted by molar-refractivity contribution is 5.97. The molecule has 0 bridgehead atoms. The quantitative estimate of drug-likeness (QED) is 0.865. The highest BCUT2D eigenvalue weighted by Gasteiger charge is 2.34. The molecule has 1 saturated heterocycles. The maximum Gasteiger partial charge on any atom is 0.254 e. The fraction of sp³-hybridized carbons (Fsp3) is 0.611. The number of hydrogen-bond donors (Lipinski definition) is 0. The average Bonchev–Trinajstić information content (AvgIpc) is 2.96. The number of rotatable bonds is 4. The van der Waals surface area contributed by atoms with E-state index in [2.05, 4.69) is 24.2 Å². The van der Waals surface area contributed by atoms with Crippen LogP contribution in [0.1, 0.15) is 50.9 Å². The van der Waals surface area contributed by atoms with Crippen LogP contribution in [-0.4, -0.2) is 50.6 Å². The molecule has 2 heterocycles. The molecule has 24 heavy (non-hydrogen) atoms. The summed E-state index contributed by atoms with van der Waals surface area (Å²) in [6, 6.07) is 5.89.